The lowest BCUT2D eigenvalue weighted by atomic mass is 10.2. The molecule has 1 aromatic rings. The summed E-state index contributed by atoms with van der Waals surface area (Å²) >= 11 is 0. The van der Waals surface area contributed by atoms with E-state index in [1.54, 1.807) is 25.3 Å². The van der Waals surface area contributed by atoms with E-state index in [9.17, 15) is 0 Å². The predicted octanol–water partition coefficient (Wildman–Crippen LogP) is 1.94. The van der Waals surface area contributed by atoms with Gasteiger partial charge in [0.05, 0.1) is 19.3 Å². The zero-order chi connectivity index (χ0) is 11.1. The Morgan fingerprint density at radius 2 is 2.40 bits per heavy atom. The summed E-state index contributed by atoms with van der Waals surface area (Å²) < 4.78 is 5.00. The predicted molar refractivity (Wildman–Crippen MR) is 58.3 cm³/mol. The first-order valence-electron chi connectivity index (χ1n) is 4.21. The van der Waals surface area contributed by atoms with Gasteiger partial charge < -0.3 is 10.5 Å². The minimum atomic E-state index is 0.141. The minimum Gasteiger partial charge on any atom is -0.497 e. The average Bonchev–Trinajstić information content (AvgIpc) is 2.26. The molecule has 5 heteroatoms. The van der Waals surface area contributed by atoms with Gasteiger partial charge in [0, 0.05) is 16.5 Å². The normalized spacial score (nSPS) is 8.33. The zero-order valence-corrected chi connectivity index (χ0v) is 8.27. The van der Waals surface area contributed by atoms with Crippen LogP contribution in [0.4, 0.5) is 5.69 Å². The number of hydrogen-bond donors (Lipinski definition) is 1. The van der Waals surface area contributed by atoms with Crippen LogP contribution >= 0.6 is 0 Å². The number of nitrogens with zero attached hydrogens (tertiary/aromatic N) is 3. The molecule has 1 aromatic carbocycles. The van der Waals surface area contributed by atoms with Crippen molar-refractivity contribution in [2.24, 2.45) is 5.11 Å². The van der Waals surface area contributed by atoms with Crippen molar-refractivity contribution in [1.82, 2.24) is 0 Å². The van der Waals surface area contributed by atoms with Gasteiger partial charge in [-0.3, -0.25) is 0 Å². The zero-order valence-electron chi connectivity index (χ0n) is 8.27. The Morgan fingerprint density at radius 1 is 1.60 bits per heavy atom. The van der Waals surface area contributed by atoms with Crippen LogP contribution in [0, 0.1) is 11.8 Å². The second kappa shape index (κ2) is 5.43. The number of nitrogen functional groups attached to an aromatic ring is 1. The molecule has 1 rings (SSSR count). The molecule has 0 saturated heterocycles. The Hall–Kier alpha value is -2.31. The molecule has 76 valence electrons. The van der Waals surface area contributed by atoms with Gasteiger partial charge in [0.1, 0.15) is 5.75 Å². The van der Waals surface area contributed by atoms with Crippen molar-refractivity contribution in [3.63, 3.8) is 0 Å². The third-order valence-corrected chi connectivity index (χ3v) is 1.69. The van der Waals surface area contributed by atoms with E-state index in [0.717, 1.165) is 0 Å². The summed E-state index contributed by atoms with van der Waals surface area (Å²) in [7, 11) is 1.57. The first-order chi connectivity index (χ1) is 7.27. The van der Waals surface area contributed by atoms with Crippen molar-refractivity contribution < 1.29 is 4.74 Å². The van der Waals surface area contributed by atoms with Crippen LogP contribution in [-0.2, 0) is 0 Å². The number of benzene rings is 1. The highest BCUT2D eigenvalue weighted by molar-refractivity contribution is 5.58. The highest BCUT2D eigenvalue weighted by Crippen LogP contribution is 2.18. The third-order valence-electron chi connectivity index (χ3n) is 1.69. The lowest BCUT2D eigenvalue weighted by molar-refractivity contribution is 0.415. The molecule has 0 unspecified atom stereocenters. The summed E-state index contributed by atoms with van der Waals surface area (Å²) in [6, 6.07) is 5.22. The van der Waals surface area contributed by atoms with Crippen molar-refractivity contribution in [3.8, 4) is 17.6 Å². The molecule has 15 heavy (non-hydrogen) atoms. The Balaban J connectivity index is 2.85. The van der Waals surface area contributed by atoms with Gasteiger partial charge in [-0.1, -0.05) is 17.0 Å². The van der Waals surface area contributed by atoms with E-state index in [0.29, 0.717) is 17.0 Å². The van der Waals surface area contributed by atoms with Gasteiger partial charge in [-0.2, -0.15) is 0 Å². The van der Waals surface area contributed by atoms with Crippen LogP contribution in [-0.4, -0.2) is 13.7 Å². The standard InChI is InChI=1S/C10H10N4O/c1-15-9-5-4-8(10(11)7-9)3-2-6-13-14-12/h4-5,7H,6,11H2,1H3. The molecule has 5 nitrogen and oxygen atoms in total. The van der Waals surface area contributed by atoms with Crippen LogP contribution in [0.5, 0.6) is 5.75 Å². The third kappa shape index (κ3) is 3.14. The van der Waals surface area contributed by atoms with Crippen molar-refractivity contribution in [1.29, 1.82) is 0 Å². The second-order valence-electron chi connectivity index (χ2n) is 2.64. The fourth-order valence-electron chi connectivity index (χ4n) is 0.983. The van der Waals surface area contributed by atoms with Crippen LogP contribution in [0.1, 0.15) is 5.56 Å². The van der Waals surface area contributed by atoms with Gasteiger partial charge in [0.25, 0.3) is 0 Å². The van der Waals surface area contributed by atoms with Gasteiger partial charge in [0.15, 0.2) is 0 Å². The fraction of sp³-hybridized carbons (Fsp3) is 0.200. The average molecular weight is 202 g/mol. The minimum absolute atomic E-state index is 0.141. The van der Waals surface area contributed by atoms with E-state index in [1.807, 2.05) is 0 Å². The summed E-state index contributed by atoms with van der Waals surface area (Å²) in [5, 5.41) is 3.29. The molecule has 0 aliphatic rings. The molecule has 0 aliphatic heterocycles. The van der Waals surface area contributed by atoms with E-state index < -0.39 is 0 Å². The van der Waals surface area contributed by atoms with Gasteiger partial charge in [0.2, 0.25) is 0 Å². The molecule has 0 amide bonds. The number of anilines is 1. The van der Waals surface area contributed by atoms with Crippen molar-refractivity contribution in [3.05, 3.63) is 34.2 Å². The number of ether oxygens (including phenoxy) is 1. The first-order valence-corrected chi connectivity index (χ1v) is 4.21. The largest absolute Gasteiger partial charge is 0.497 e. The lowest BCUT2D eigenvalue weighted by Crippen LogP contribution is -1.92. The van der Waals surface area contributed by atoms with Crippen LogP contribution < -0.4 is 10.5 Å². The van der Waals surface area contributed by atoms with E-state index in [1.165, 1.54) is 0 Å². The molecular weight excluding hydrogens is 192 g/mol. The summed E-state index contributed by atoms with van der Waals surface area (Å²) in [6.07, 6.45) is 0. The molecule has 0 radical (unpaired) electrons. The highest BCUT2D eigenvalue weighted by Gasteiger charge is 1.97. The van der Waals surface area contributed by atoms with E-state index in [4.69, 9.17) is 16.0 Å². The maximum atomic E-state index is 8.04. The molecule has 2 N–H and O–H groups in total. The molecule has 0 heterocycles. The highest BCUT2D eigenvalue weighted by atomic mass is 16.5. The van der Waals surface area contributed by atoms with Crippen LogP contribution in [0.25, 0.3) is 10.4 Å². The van der Waals surface area contributed by atoms with Crippen molar-refractivity contribution in [2.45, 2.75) is 0 Å². The topological polar surface area (TPSA) is 84.0 Å². The van der Waals surface area contributed by atoms with Gasteiger partial charge in [-0.05, 0) is 17.7 Å². The molecule has 0 aromatic heterocycles. The molecular formula is C10H10N4O. The summed E-state index contributed by atoms with van der Waals surface area (Å²) in [5.41, 5.74) is 15.0. The van der Waals surface area contributed by atoms with Crippen LogP contribution in [0.3, 0.4) is 0 Å². The number of hydrogen-bond acceptors (Lipinski definition) is 3. The van der Waals surface area contributed by atoms with Crippen LogP contribution in [0.15, 0.2) is 23.3 Å². The summed E-state index contributed by atoms with van der Waals surface area (Å²) in [4.78, 5) is 2.59. The van der Waals surface area contributed by atoms with Gasteiger partial charge in [-0.15, -0.1) is 0 Å². The Labute approximate surface area is 87.5 Å². The van der Waals surface area contributed by atoms with Crippen molar-refractivity contribution in [2.75, 3.05) is 19.4 Å². The number of methoxy groups -OCH3 is 1. The Bertz CT molecular complexity index is 452. The first kappa shape index (κ1) is 10.8. The number of azide groups is 1. The Morgan fingerprint density at radius 3 is 3.00 bits per heavy atom. The smallest absolute Gasteiger partial charge is 0.121 e. The lowest BCUT2D eigenvalue weighted by Gasteiger charge is -2.02. The van der Waals surface area contributed by atoms with Gasteiger partial charge in [-0.25, -0.2) is 0 Å². The SMILES string of the molecule is COc1ccc(C#CCN=[N+]=[N-])c(N)c1. The number of nitrogens with two attached hydrogens (primary N) is 1. The fourth-order valence-corrected chi connectivity index (χ4v) is 0.983. The number of rotatable bonds is 2. The summed E-state index contributed by atoms with van der Waals surface area (Å²) in [5.74, 6) is 6.18. The maximum absolute atomic E-state index is 8.04. The van der Waals surface area contributed by atoms with Gasteiger partial charge >= 0.3 is 0 Å². The van der Waals surface area contributed by atoms with E-state index in [-0.39, 0.29) is 6.54 Å². The van der Waals surface area contributed by atoms with Crippen LogP contribution in [0.2, 0.25) is 0 Å². The molecule has 0 aliphatic carbocycles. The molecule has 0 bridgehead atoms. The van der Waals surface area contributed by atoms with Crippen molar-refractivity contribution >= 4 is 5.69 Å². The van der Waals surface area contributed by atoms with E-state index >= 15 is 0 Å². The molecule has 0 spiro atoms. The van der Waals surface area contributed by atoms with E-state index in [2.05, 4.69) is 21.9 Å². The maximum Gasteiger partial charge on any atom is 0.121 e. The monoisotopic (exact) mass is 202 g/mol. The molecule has 0 saturated carbocycles. The molecule has 0 atom stereocenters. The summed E-state index contributed by atoms with van der Waals surface area (Å²) in [6.45, 7) is 0.141. The second-order valence-corrected chi connectivity index (χ2v) is 2.64. The Kier molecular flexibility index (Phi) is 3.90. The molecule has 0 fully saturated rings. The quantitative estimate of drug-likeness (QED) is 0.261.